The molecule has 1 aromatic heterocycles. The maximum Gasteiger partial charge on any atom is 0.247 e. The molecule has 1 atom stereocenters. The molecule has 2 aromatic carbocycles. The third-order valence-electron chi connectivity index (χ3n) is 3.86. The van der Waals surface area contributed by atoms with Crippen molar-refractivity contribution < 1.29 is 9.84 Å². The van der Waals surface area contributed by atoms with Gasteiger partial charge in [-0.15, -0.1) is 10.2 Å². The number of ether oxygens (including phenoxy) is 1. The molecule has 0 radical (unpaired) electrons. The molecule has 1 aliphatic rings. The average molecular weight is 452 g/mol. The highest BCUT2D eigenvalue weighted by Crippen LogP contribution is 2.42. The molecule has 9 heteroatoms. The number of hydrogen-bond acceptors (Lipinski definition) is 7. The smallest absolute Gasteiger partial charge is 0.247 e. The summed E-state index contributed by atoms with van der Waals surface area (Å²) in [7, 11) is 0. The van der Waals surface area contributed by atoms with Crippen molar-refractivity contribution in [1.82, 2.24) is 15.2 Å². The number of phenols is 1. The number of aromatic hydroxyl groups is 1. The molecule has 132 valence electrons. The number of phenolic OH excluding ortho intramolecular Hbond substituents is 1. The Labute approximate surface area is 167 Å². The Balaban J connectivity index is 1.90. The van der Waals surface area contributed by atoms with Gasteiger partial charge in [0.25, 0.3) is 0 Å². The van der Waals surface area contributed by atoms with Gasteiger partial charge in [0.2, 0.25) is 17.3 Å². The first-order chi connectivity index (χ1) is 12.6. The van der Waals surface area contributed by atoms with E-state index in [1.165, 1.54) is 11.8 Å². The SMILES string of the molecule is CSc1nnc2c(n1)OC(c1cc(Cl)cc(Br)c1O)Nc1ccccc1-2. The number of rotatable bonds is 2. The topological polar surface area (TPSA) is 80.2 Å². The van der Waals surface area contributed by atoms with Crippen LogP contribution in [0.25, 0.3) is 11.3 Å². The van der Waals surface area contributed by atoms with E-state index in [0.717, 1.165) is 11.3 Å². The number of aromatic nitrogens is 3. The van der Waals surface area contributed by atoms with Crippen molar-refractivity contribution in [3.05, 3.63) is 51.5 Å². The first kappa shape index (κ1) is 17.4. The van der Waals surface area contributed by atoms with Crippen LogP contribution in [0.3, 0.4) is 0 Å². The fraction of sp³-hybridized carbons (Fsp3) is 0.118. The van der Waals surface area contributed by atoms with E-state index < -0.39 is 6.23 Å². The Hall–Kier alpha value is -2.03. The molecule has 3 aromatic rings. The summed E-state index contributed by atoms with van der Waals surface area (Å²) < 4.78 is 6.56. The summed E-state index contributed by atoms with van der Waals surface area (Å²) in [6.45, 7) is 0. The van der Waals surface area contributed by atoms with Crippen LogP contribution in [0.2, 0.25) is 5.02 Å². The quantitative estimate of drug-likeness (QED) is 0.537. The van der Waals surface area contributed by atoms with Gasteiger partial charge in [0, 0.05) is 16.3 Å². The van der Waals surface area contributed by atoms with Gasteiger partial charge in [-0.25, -0.2) is 0 Å². The normalized spacial score (nSPS) is 15.3. The Bertz CT molecular complexity index is 1000. The second kappa shape index (κ2) is 6.94. The number of nitrogens with zero attached hydrogens (tertiary/aromatic N) is 3. The first-order valence-electron chi connectivity index (χ1n) is 7.56. The van der Waals surface area contributed by atoms with E-state index in [9.17, 15) is 5.11 Å². The van der Waals surface area contributed by atoms with Gasteiger partial charge in [0.1, 0.15) is 5.75 Å². The molecular weight excluding hydrogens is 440 g/mol. The number of hydrogen-bond donors (Lipinski definition) is 2. The highest BCUT2D eigenvalue weighted by atomic mass is 79.9. The van der Waals surface area contributed by atoms with Crippen LogP contribution in [0.4, 0.5) is 5.69 Å². The van der Waals surface area contributed by atoms with Crippen LogP contribution in [0, 0.1) is 0 Å². The summed E-state index contributed by atoms with van der Waals surface area (Å²) in [4.78, 5) is 4.44. The number of benzene rings is 2. The summed E-state index contributed by atoms with van der Waals surface area (Å²) in [6.07, 6.45) is 1.16. The maximum absolute atomic E-state index is 10.5. The number of thioether (sulfide) groups is 1. The molecule has 0 bridgehead atoms. The van der Waals surface area contributed by atoms with Gasteiger partial charge in [0.05, 0.1) is 10.0 Å². The fourth-order valence-electron chi connectivity index (χ4n) is 2.66. The van der Waals surface area contributed by atoms with E-state index in [1.54, 1.807) is 12.1 Å². The highest BCUT2D eigenvalue weighted by Gasteiger charge is 2.28. The van der Waals surface area contributed by atoms with Gasteiger partial charge in [-0.05, 0) is 40.4 Å². The number of para-hydroxylation sites is 1. The van der Waals surface area contributed by atoms with Crippen molar-refractivity contribution in [3.8, 4) is 22.9 Å². The van der Waals surface area contributed by atoms with Crippen molar-refractivity contribution >= 4 is 45.0 Å². The molecule has 6 nitrogen and oxygen atoms in total. The van der Waals surface area contributed by atoms with Crippen molar-refractivity contribution in [1.29, 1.82) is 0 Å². The molecule has 2 N–H and O–H groups in total. The Kier molecular flexibility index (Phi) is 4.64. The summed E-state index contributed by atoms with van der Waals surface area (Å²) >= 11 is 10.8. The molecule has 0 amide bonds. The maximum atomic E-state index is 10.5. The molecule has 26 heavy (non-hydrogen) atoms. The predicted molar refractivity (Wildman–Crippen MR) is 105 cm³/mol. The summed E-state index contributed by atoms with van der Waals surface area (Å²) in [6, 6.07) is 10.9. The molecule has 0 aliphatic carbocycles. The van der Waals surface area contributed by atoms with Crippen LogP contribution in [0.1, 0.15) is 11.8 Å². The summed E-state index contributed by atoms with van der Waals surface area (Å²) in [5.74, 6) is 0.377. The highest BCUT2D eigenvalue weighted by molar-refractivity contribution is 9.10. The molecule has 4 rings (SSSR count). The Morgan fingerprint density at radius 3 is 2.88 bits per heavy atom. The molecule has 1 unspecified atom stereocenters. The minimum absolute atomic E-state index is 0.0416. The molecule has 0 spiro atoms. The predicted octanol–water partition coefficient (Wildman–Crippen LogP) is 4.89. The fourth-order valence-corrected chi connectivity index (χ4v) is 3.79. The van der Waals surface area contributed by atoms with Crippen LogP contribution >= 0.6 is 39.3 Å². The zero-order valence-corrected chi connectivity index (χ0v) is 16.6. The van der Waals surface area contributed by atoms with E-state index in [-0.39, 0.29) is 5.75 Å². The van der Waals surface area contributed by atoms with Gasteiger partial charge in [-0.3, -0.25) is 0 Å². The Morgan fingerprint density at radius 2 is 2.08 bits per heavy atom. The summed E-state index contributed by atoms with van der Waals surface area (Å²) in [5.41, 5.74) is 2.63. The molecule has 1 aliphatic heterocycles. The molecule has 0 saturated carbocycles. The van der Waals surface area contributed by atoms with Crippen LogP contribution in [-0.4, -0.2) is 26.5 Å². The second-order valence-corrected chi connectivity index (χ2v) is 7.53. The number of fused-ring (bicyclic) bond motifs is 3. The summed E-state index contributed by atoms with van der Waals surface area (Å²) in [5, 5.41) is 23.1. The number of nitrogens with one attached hydrogen (secondary N) is 1. The van der Waals surface area contributed by atoms with Crippen molar-refractivity contribution in [2.24, 2.45) is 0 Å². The third kappa shape index (κ3) is 3.08. The minimum Gasteiger partial charge on any atom is -0.506 e. The standard InChI is InChI=1S/C17H12BrClN4O2S/c1-26-17-21-16-13(22-23-17)9-4-2-3-5-12(9)20-15(25-16)10-6-8(19)7-11(18)14(10)24/h2-7,15,20,24H,1H3. The van der Waals surface area contributed by atoms with Crippen molar-refractivity contribution in [2.45, 2.75) is 11.4 Å². The minimum atomic E-state index is -0.709. The van der Waals surface area contributed by atoms with E-state index >= 15 is 0 Å². The molecule has 0 fully saturated rings. The monoisotopic (exact) mass is 450 g/mol. The van der Waals surface area contributed by atoms with Gasteiger partial charge in [-0.2, -0.15) is 4.98 Å². The van der Waals surface area contributed by atoms with Gasteiger partial charge >= 0.3 is 0 Å². The molecular formula is C17H12BrClN4O2S. The molecule has 0 saturated heterocycles. The van der Waals surface area contributed by atoms with E-state index in [2.05, 4.69) is 36.4 Å². The van der Waals surface area contributed by atoms with Crippen LogP contribution in [0.5, 0.6) is 11.6 Å². The van der Waals surface area contributed by atoms with Gasteiger partial charge in [0.15, 0.2) is 5.69 Å². The van der Waals surface area contributed by atoms with Crippen molar-refractivity contribution in [2.75, 3.05) is 11.6 Å². The van der Waals surface area contributed by atoms with E-state index in [4.69, 9.17) is 16.3 Å². The lowest BCUT2D eigenvalue weighted by atomic mass is 10.1. The first-order valence-corrected chi connectivity index (χ1v) is 9.95. The van der Waals surface area contributed by atoms with Crippen LogP contribution < -0.4 is 10.1 Å². The van der Waals surface area contributed by atoms with Gasteiger partial charge in [-0.1, -0.05) is 41.6 Å². The lowest BCUT2D eigenvalue weighted by Crippen LogP contribution is -2.17. The lowest BCUT2D eigenvalue weighted by molar-refractivity contribution is 0.220. The second-order valence-electron chi connectivity index (χ2n) is 5.47. The van der Waals surface area contributed by atoms with Gasteiger partial charge < -0.3 is 15.2 Å². The van der Waals surface area contributed by atoms with Crippen LogP contribution in [-0.2, 0) is 0 Å². The number of halogens is 2. The van der Waals surface area contributed by atoms with E-state index in [0.29, 0.717) is 31.8 Å². The van der Waals surface area contributed by atoms with E-state index in [1.807, 2.05) is 30.5 Å². The zero-order chi connectivity index (χ0) is 18.3. The largest absolute Gasteiger partial charge is 0.506 e. The third-order valence-corrected chi connectivity index (χ3v) is 5.22. The van der Waals surface area contributed by atoms with Crippen LogP contribution in [0.15, 0.2) is 46.0 Å². The molecule has 2 heterocycles. The lowest BCUT2D eigenvalue weighted by Gasteiger charge is -2.21. The zero-order valence-electron chi connectivity index (χ0n) is 13.4. The average Bonchev–Trinajstić information content (AvgIpc) is 2.80. The number of anilines is 1. The van der Waals surface area contributed by atoms with Crippen molar-refractivity contribution in [3.63, 3.8) is 0 Å². The Morgan fingerprint density at radius 1 is 1.27 bits per heavy atom.